The maximum Gasteiger partial charge on any atom is 0.211 e. The van der Waals surface area contributed by atoms with Crippen LogP contribution >= 0.6 is 0 Å². The summed E-state index contributed by atoms with van der Waals surface area (Å²) in [6, 6.07) is 0.398. The van der Waals surface area contributed by atoms with Crippen LogP contribution in [0.4, 0.5) is 0 Å². The van der Waals surface area contributed by atoms with Crippen LogP contribution in [-0.4, -0.2) is 48.2 Å². The highest BCUT2D eigenvalue weighted by Crippen LogP contribution is 2.08. The van der Waals surface area contributed by atoms with E-state index in [0.717, 1.165) is 25.2 Å². The van der Waals surface area contributed by atoms with Gasteiger partial charge >= 0.3 is 0 Å². The second kappa shape index (κ2) is 7.75. The topological polar surface area (TPSA) is 67.2 Å². The smallest absolute Gasteiger partial charge is 0.211 e. The van der Waals surface area contributed by atoms with Crippen LogP contribution in [0.3, 0.4) is 0 Å². The van der Waals surface area contributed by atoms with Gasteiger partial charge in [0.25, 0.3) is 0 Å². The van der Waals surface area contributed by atoms with E-state index >= 15 is 0 Å². The lowest BCUT2D eigenvalue weighted by Gasteiger charge is -2.17. The van der Waals surface area contributed by atoms with E-state index in [4.69, 9.17) is 0 Å². The summed E-state index contributed by atoms with van der Waals surface area (Å²) in [5, 5.41) is 3.33. The van der Waals surface area contributed by atoms with Crippen molar-refractivity contribution in [1.82, 2.24) is 19.2 Å². The molecule has 0 amide bonds. The van der Waals surface area contributed by atoms with Crippen LogP contribution < -0.4 is 5.32 Å². The monoisotopic (exact) mass is 302 g/mol. The third kappa shape index (κ3) is 5.22. The van der Waals surface area contributed by atoms with Gasteiger partial charge in [0.05, 0.1) is 18.3 Å². The van der Waals surface area contributed by atoms with Crippen molar-refractivity contribution < 1.29 is 8.42 Å². The molecule has 20 heavy (non-hydrogen) atoms. The fourth-order valence-electron chi connectivity index (χ4n) is 2.09. The Morgan fingerprint density at radius 2 is 2.15 bits per heavy atom. The van der Waals surface area contributed by atoms with Crippen LogP contribution in [0.2, 0.25) is 0 Å². The highest BCUT2D eigenvalue weighted by atomic mass is 32.2. The van der Waals surface area contributed by atoms with Crippen molar-refractivity contribution >= 4 is 10.0 Å². The maximum atomic E-state index is 11.4. The molecule has 0 saturated carbocycles. The van der Waals surface area contributed by atoms with Gasteiger partial charge in [0.1, 0.15) is 0 Å². The average Bonchev–Trinajstić information content (AvgIpc) is 2.80. The SMILES string of the molecule is CCN(CCCNCc1cncn1C(C)C)S(C)(=O)=O. The van der Waals surface area contributed by atoms with E-state index < -0.39 is 10.0 Å². The average molecular weight is 302 g/mol. The predicted octanol–water partition coefficient (Wildman–Crippen LogP) is 1.23. The molecule has 0 aliphatic carbocycles. The molecular weight excluding hydrogens is 276 g/mol. The van der Waals surface area contributed by atoms with Crippen molar-refractivity contribution in [3.05, 3.63) is 18.2 Å². The summed E-state index contributed by atoms with van der Waals surface area (Å²) in [4.78, 5) is 4.15. The Hall–Kier alpha value is -0.920. The molecule has 0 fully saturated rings. The number of aromatic nitrogens is 2. The zero-order valence-electron chi connectivity index (χ0n) is 12.8. The first-order chi connectivity index (χ1) is 9.36. The van der Waals surface area contributed by atoms with Gasteiger partial charge < -0.3 is 9.88 Å². The summed E-state index contributed by atoms with van der Waals surface area (Å²) in [5.74, 6) is 0. The summed E-state index contributed by atoms with van der Waals surface area (Å²) in [6.45, 7) is 8.73. The summed E-state index contributed by atoms with van der Waals surface area (Å²) in [5.41, 5.74) is 1.15. The highest BCUT2D eigenvalue weighted by Gasteiger charge is 2.13. The van der Waals surface area contributed by atoms with Gasteiger partial charge in [-0.3, -0.25) is 0 Å². The van der Waals surface area contributed by atoms with Crippen molar-refractivity contribution in [2.24, 2.45) is 0 Å². The number of imidazole rings is 1. The first-order valence-corrected chi connectivity index (χ1v) is 8.87. The van der Waals surface area contributed by atoms with Crippen molar-refractivity contribution in [3.63, 3.8) is 0 Å². The normalized spacial score (nSPS) is 12.5. The number of rotatable bonds is 9. The third-order valence-corrected chi connectivity index (χ3v) is 4.57. The quantitative estimate of drug-likeness (QED) is 0.697. The molecule has 0 atom stereocenters. The molecular formula is C13H26N4O2S. The lowest BCUT2D eigenvalue weighted by atomic mass is 10.3. The van der Waals surface area contributed by atoms with Gasteiger partial charge in [-0.05, 0) is 26.8 Å². The predicted molar refractivity (Wildman–Crippen MR) is 81.0 cm³/mol. The number of sulfonamides is 1. The molecule has 116 valence electrons. The minimum Gasteiger partial charge on any atom is -0.331 e. The molecule has 0 bridgehead atoms. The molecule has 1 aromatic heterocycles. The minimum atomic E-state index is -3.07. The minimum absolute atomic E-state index is 0.398. The molecule has 1 rings (SSSR count). The van der Waals surface area contributed by atoms with Gasteiger partial charge in [-0.2, -0.15) is 0 Å². The molecule has 6 nitrogen and oxygen atoms in total. The third-order valence-electron chi connectivity index (χ3n) is 3.19. The summed E-state index contributed by atoms with van der Waals surface area (Å²) in [6.07, 6.45) is 5.76. The van der Waals surface area contributed by atoms with Crippen LogP contribution in [0.1, 0.15) is 38.9 Å². The Labute approximate surface area is 122 Å². The zero-order chi connectivity index (χ0) is 15.2. The Morgan fingerprint density at radius 3 is 2.70 bits per heavy atom. The zero-order valence-corrected chi connectivity index (χ0v) is 13.7. The number of hydrogen-bond acceptors (Lipinski definition) is 4. The molecule has 0 radical (unpaired) electrons. The summed E-state index contributed by atoms with van der Waals surface area (Å²) < 4.78 is 26.5. The van der Waals surface area contributed by atoms with Gasteiger partial charge in [0.15, 0.2) is 0 Å². The Morgan fingerprint density at radius 1 is 1.45 bits per heavy atom. The largest absolute Gasteiger partial charge is 0.331 e. The molecule has 0 unspecified atom stereocenters. The fraction of sp³-hybridized carbons (Fsp3) is 0.769. The van der Waals surface area contributed by atoms with Gasteiger partial charge in [0, 0.05) is 31.9 Å². The first kappa shape index (κ1) is 17.1. The van der Waals surface area contributed by atoms with Crippen LogP contribution in [0.25, 0.3) is 0 Å². The standard InChI is InChI=1S/C13H26N4O2S/c1-5-16(20(4,18)19)8-6-7-14-9-13-10-15-11-17(13)12(2)3/h10-12,14H,5-9H2,1-4H3. The number of nitrogens with zero attached hydrogens (tertiary/aromatic N) is 3. The van der Waals surface area contributed by atoms with E-state index in [-0.39, 0.29) is 0 Å². The Balaban J connectivity index is 2.30. The Bertz CT molecular complexity index is 496. The molecule has 7 heteroatoms. The molecule has 1 heterocycles. The summed E-state index contributed by atoms with van der Waals surface area (Å²) in [7, 11) is -3.07. The van der Waals surface area contributed by atoms with Gasteiger partial charge in [0.2, 0.25) is 10.0 Å². The van der Waals surface area contributed by atoms with Crippen LogP contribution in [0, 0.1) is 0 Å². The Kier molecular flexibility index (Phi) is 6.64. The first-order valence-electron chi connectivity index (χ1n) is 7.02. The second-order valence-corrected chi connectivity index (χ2v) is 7.15. The highest BCUT2D eigenvalue weighted by molar-refractivity contribution is 7.88. The van der Waals surface area contributed by atoms with Crippen molar-refractivity contribution in [2.45, 2.75) is 39.8 Å². The van der Waals surface area contributed by atoms with Crippen molar-refractivity contribution in [2.75, 3.05) is 25.9 Å². The van der Waals surface area contributed by atoms with E-state index in [1.54, 1.807) is 0 Å². The molecule has 0 spiro atoms. The molecule has 1 aromatic rings. The van der Waals surface area contributed by atoms with Crippen LogP contribution in [0.5, 0.6) is 0 Å². The fourth-order valence-corrected chi connectivity index (χ4v) is 3.02. The van der Waals surface area contributed by atoms with E-state index in [9.17, 15) is 8.42 Å². The van der Waals surface area contributed by atoms with E-state index in [2.05, 4.69) is 28.7 Å². The van der Waals surface area contributed by atoms with Crippen molar-refractivity contribution in [3.8, 4) is 0 Å². The molecule has 0 aliphatic rings. The molecule has 0 saturated heterocycles. The number of hydrogen-bond donors (Lipinski definition) is 1. The lowest BCUT2D eigenvalue weighted by molar-refractivity contribution is 0.418. The molecule has 0 aliphatic heterocycles. The van der Waals surface area contributed by atoms with Crippen LogP contribution in [0.15, 0.2) is 12.5 Å². The van der Waals surface area contributed by atoms with Gasteiger partial charge in [-0.25, -0.2) is 17.7 Å². The van der Waals surface area contributed by atoms with E-state index in [1.807, 2.05) is 19.4 Å². The number of nitrogens with one attached hydrogen (secondary N) is 1. The molecule has 1 N–H and O–H groups in total. The summed E-state index contributed by atoms with van der Waals surface area (Å²) >= 11 is 0. The molecule has 0 aromatic carbocycles. The lowest BCUT2D eigenvalue weighted by Crippen LogP contribution is -2.32. The van der Waals surface area contributed by atoms with Crippen LogP contribution in [-0.2, 0) is 16.6 Å². The van der Waals surface area contributed by atoms with Gasteiger partial charge in [-0.1, -0.05) is 6.92 Å². The van der Waals surface area contributed by atoms with E-state index in [1.165, 1.54) is 10.6 Å². The van der Waals surface area contributed by atoms with Crippen molar-refractivity contribution in [1.29, 1.82) is 0 Å². The van der Waals surface area contributed by atoms with Gasteiger partial charge in [-0.15, -0.1) is 0 Å². The second-order valence-electron chi connectivity index (χ2n) is 5.17. The van der Waals surface area contributed by atoms with E-state index in [0.29, 0.717) is 19.1 Å². The maximum absolute atomic E-state index is 11.4.